The Hall–Kier alpha value is -3.50. The van der Waals surface area contributed by atoms with Crippen LogP contribution in [0.3, 0.4) is 0 Å². The zero-order valence-electron chi connectivity index (χ0n) is 18.3. The first-order valence-corrected chi connectivity index (χ1v) is 11.8. The molecule has 0 unspecified atom stereocenters. The molecule has 184 valence electrons. The first kappa shape index (κ1) is 25.6. The van der Waals surface area contributed by atoms with Crippen molar-refractivity contribution in [3.63, 3.8) is 0 Å². The minimum atomic E-state index is -4.82. The van der Waals surface area contributed by atoms with Crippen molar-refractivity contribution in [2.24, 2.45) is 0 Å². The zero-order valence-corrected chi connectivity index (χ0v) is 20.0. The third kappa shape index (κ3) is 5.50. The number of rotatable bonds is 6. The van der Waals surface area contributed by atoms with Gasteiger partial charge in [-0.25, -0.2) is 9.18 Å². The van der Waals surface area contributed by atoms with E-state index in [0.29, 0.717) is 11.1 Å². The maximum atomic E-state index is 13.6. The van der Waals surface area contributed by atoms with Gasteiger partial charge in [-0.3, -0.25) is 9.69 Å². The van der Waals surface area contributed by atoms with Crippen LogP contribution in [0.2, 0.25) is 0 Å². The Bertz CT molecular complexity index is 1360. The largest absolute Gasteiger partial charge is 0.480 e. The second-order valence-corrected chi connectivity index (χ2v) is 9.59. The minimum Gasteiger partial charge on any atom is -0.480 e. The summed E-state index contributed by atoms with van der Waals surface area (Å²) >= 11 is 6.28. The van der Waals surface area contributed by atoms with Crippen LogP contribution >= 0.6 is 24.0 Å². The van der Waals surface area contributed by atoms with Gasteiger partial charge in [-0.05, 0) is 40.5 Å². The van der Waals surface area contributed by atoms with Gasteiger partial charge in [-0.2, -0.15) is 13.2 Å². The van der Waals surface area contributed by atoms with Crippen LogP contribution in [0.5, 0.6) is 0 Å². The highest BCUT2D eigenvalue weighted by Crippen LogP contribution is 2.36. The maximum Gasteiger partial charge on any atom is 0.419 e. The van der Waals surface area contributed by atoms with Crippen molar-refractivity contribution in [1.29, 1.82) is 0 Å². The number of aliphatic carboxylic acids is 1. The normalized spacial score (nSPS) is 16.0. The van der Waals surface area contributed by atoms with E-state index in [-0.39, 0.29) is 21.2 Å². The van der Waals surface area contributed by atoms with Crippen LogP contribution in [0.1, 0.15) is 16.7 Å². The number of thiocarbonyl (C=S) groups is 1. The molecule has 0 aromatic heterocycles. The van der Waals surface area contributed by atoms with Crippen molar-refractivity contribution < 1.29 is 32.3 Å². The molecule has 1 atom stereocenters. The molecule has 1 saturated heterocycles. The van der Waals surface area contributed by atoms with Gasteiger partial charge in [0.25, 0.3) is 5.91 Å². The van der Waals surface area contributed by atoms with Crippen LogP contribution in [-0.4, -0.2) is 32.2 Å². The van der Waals surface area contributed by atoms with E-state index in [9.17, 15) is 32.3 Å². The highest BCUT2D eigenvalue weighted by molar-refractivity contribution is 8.26. The molecule has 1 N–H and O–H groups in total. The number of thioether (sulfide) groups is 1. The van der Waals surface area contributed by atoms with E-state index < -0.39 is 35.5 Å². The highest BCUT2D eigenvalue weighted by Gasteiger charge is 2.40. The Balaban J connectivity index is 1.56. The van der Waals surface area contributed by atoms with Crippen molar-refractivity contribution in [2.75, 3.05) is 0 Å². The molecular weight excluding hydrogens is 514 g/mol. The van der Waals surface area contributed by atoms with E-state index in [4.69, 9.17) is 12.2 Å². The Morgan fingerprint density at radius 2 is 1.67 bits per heavy atom. The van der Waals surface area contributed by atoms with E-state index in [1.54, 1.807) is 54.6 Å². The molecule has 4 nitrogen and oxygen atoms in total. The van der Waals surface area contributed by atoms with E-state index in [1.807, 2.05) is 0 Å². The van der Waals surface area contributed by atoms with Gasteiger partial charge in [0.15, 0.2) is 0 Å². The molecule has 3 aromatic carbocycles. The number of carbonyl (C=O) groups excluding carboxylic acids is 1. The summed E-state index contributed by atoms with van der Waals surface area (Å²) in [7, 11) is 0. The number of halogens is 4. The van der Waals surface area contributed by atoms with Gasteiger partial charge in [0.2, 0.25) is 0 Å². The third-order valence-corrected chi connectivity index (χ3v) is 6.84. The van der Waals surface area contributed by atoms with Gasteiger partial charge < -0.3 is 5.11 Å². The van der Waals surface area contributed by atoms with Gasteiger partial charge in [-0.1, -0.05) is 84.6 Å². The Morgan fingerprint density at radius 3 is 2.28 bits per heavy atom. The standard InChI is InChI=1S/C26H17F4NO3S2/c27-20-11-10-18(14-19(20)26(28,29)30)17-8-6-16(7-9-17)13-22-23(32)31(25(35)36-22)21(24(33)34)12-15-4-2-1-3-5-15/h1-11,13-14,21H,12H2,(H,33,34)/b22-13-/t21-/m0/s1. The predicted molar refractivity (Wildman–Crippen MR) is 133 cm³/mol. The lowest BCUT2D eigenvalue weighted by Crippen LogP contribution is -2.45. The topological polar surface area (TPSA) is 57.6 Å². The van der Waals surface area contributed by atoms with E-state index in [0.717, 1.165) is 34.4 Å². The molecule has 1 amide bonds. The smallest absolute Gasteiger partial charge is 0.419 e. The highest BCUT2D eigenvalue weighted by atomic mass is 32.2. The number of alkyl halides is 3. The molecule has 0 radical (unpaired) electrons. The Morgan fingerprint density at radius 1 is 1.03 bits per heavy atom. The number of hydrogen-bond donors (Lipinski definition) is 1. The van der Waals surface area contributed by atoms with Gasteiger partial charge in [0, 0.05) is 6.42 Å². The maximum absolute atomic E-state index is 13.6. The van der Waals surface area contributed by atoms with Crippen LogP contribution in [0.15, 0.2) is 77.7 Å². The summed E-state index contributed by atoms with van der Waals surface area (Å²) in [6.45, 7) is 0. The molecule has 1 fully saturated rings. The van der Waals surface area contributed by atoms with E-state index in [2.05, 4.69) is 0 Å². The van der Waals surface area contributed by atoms with Gasteiger partial charge >= 0.3 is 12.1 Å². The molecule has 1 heterocycles. The number of carboxylic acid groups (broad SMARTS) is 1. The van der Waals surface area contributed by atoms with Crippen LogP contribution in [0.25, 0.3) is 17.2 Å². The number of hydrogen-bond acceptors (Lipinski definition) is 4. The lowest BCUT2D eigenvalue weighted by Gasteiger charge is -2.23. The lowest BCUT2D eigenvalue weighted by molar-refractivity contribution is -0.145. The molecule has 0 saturated carbocycles. The fraction of sp³-hybridized carbons (Fsp3) is 0.115. The molecule has 3 aromatic rings. The Kier molecular flexibility index (Phi) is 7.28. The van der Waals surface area contributed by atoms with E-state index in [1.165, 1.54) is 12.1 Å². The van der Waals surface area contributed by atoms with Gasteiger partial charge in [-0.15, -0.1) is 0 Å². The van der Waals surface area contributed by atoms with Crippen molar-refractivity contribution >= 4 is 46.3 Å². The Labute approximate surface area is 213 Å². The van der Waals surface area contributed by atoms with Gasteiger partial charge in [0.1, 0.15) is 16.2 Å². The van der Waals surface area contributed by atoms with Crippen molar-refractivity contribution in [1.82, 2.24) is 4.90 Å². The molecule has 0 spiro atoms. The second-order valence-electron chi connectivity index (χ2n) is 7.91. The summed E-state index contributed by atoms with van der Waals surface area (Å²) in [5.74, 6) is -3.07. The quantitative estimate of drug-likeness (QED) is 0.226. The molecular formula is C26H17F4NO3S2. The fourth-order valence-electron chi connectivity index (χ4n) is 3.72. The molecule has 1 aliphatic rings. The predicted octanol–water partition coefficient (Wildman–Crippen LogP) is 6.41. The fourth-order valence-corrected chi connectivity index (χ4v) is 5.08. The van der Waals surface area contributed by atoms with Crippen molar-refractivity contribution in [3.05, 3.63) is 100 Å². The number of benzene rings is 3. The number of carboxylic acids is 1. The van der Waals surface area contributed by atoms with Crippen LogP contribution < -0.4 is 0 Å². The first-order chi connectivity index (χ1) is 17.0. The van der Waals surface area contributed by atoms with Crippen molar-refractivity contribution in [2.45, 2.75) is 18.6 Å². The minimum absolute atomic E-state index is 0.0855. The van der Waals surface area contributed by atoms with Crippen molar-refractivity contribution in [3.8, 4) is 11.1 Å². The SMILES string of the molecule is O=C(O)[C@H](Cc1ccccc1)N1C(=O)/C(=C/c2ccc(-c3ccc(F)c(C(F)(F)F)c3)cc2)SC1=S. The summed E-state index contributed by atoms with van der Waals surface area (Å²) in [4.78, 5) is 26.3. The van der Waals surface area contributed by atoms with E-state index >= 15 is 0 Å². The number of carbonyl (C=O) groups is 2. The summed E-state index contributed by atoms with van der Waals surface area (Å²) in [5.41, 5.74) is 0.572. The number of nitrogens with zero attached hydrogens (tertiary/aromatic N) is 1. The van der Waals surface area contributed by atoms with Crippen LogP contribution in [0.4, 0.5) is 17.6 Å². The summed E-state index contributed by atoms with van der Waals surface area (Å²) in [5, 5.41) is 9.76. The average Bonchev–Trinajstić information content (AvgIpc) is 3.10. The zero-order chi connectivity index (χ0) is 26.0. The number of amides is 1. The summed E-state index contributed by atoms with van der Waals surface area (Å²) in [6.07, 6.45) is -3.19. The molecule has 1 aliphatic heterocycles. The third-order valence-electron chi connectivity index (χ3n) is 5.51. The second kappa shape index (κ2) is 10.2. The first-order valence-electron chi connectivity index (χ1n) is 10.6. The molecule has 4 rings (SSSR count). The lowest BCUT2D eigenvalue weighted by atomic mass is 10.0. The molecule has 36 heavy (non-hydrogen) atoms. The molecule has 10 heteroatoms. The summed E-state index contributed by atoms with van der Waals surface area (Å²) < 4.78 is 52.8. The summed E-state index contributed by atoms with van der Waals surface area (Å²) in [6, 6.07) is 16.8. The molecule has 0 bridgehead atoms. The van der Waals surface area contributed by atoms with Crippen LogP contribution in [0, 0.1) is 5.82 Å². The molecule has 0 aliphatic carbocycles. The van der Waals surface area contributed by atoms with Gasteiger partial charge in [0.05, 0.1) is 10.5 Å². The average molecular weight is 532 g/mol. The monoisotopic (exact) mass is 531 g/mol. The van der Waals surface area contributed by atoms with Crippen LogP contribution in [-0.2, 0) is 22.2 Å².